The first-order chi connectivity index (χ1) is 11.1. The summed E-state index contributed by atoms with van der Waals surface area (Å²) >= 11 is 0. The number of carbonyl (C=O) groups is 1. The molecule has 3 heteroatoms. The van der Waals surface area contributed by atoms with Gasteiger partial charge in [-0.1, -0.05) is 54.6 Å². The molecule has 0 bridgehead atoms. The van der Waals surface area contributed by atoms with Crippen molar-refractivity contribution in [2.45, 2.75) is 13.0 Å². The third kappa shape index (κ3) is 1.93. The van der Waals surface area contributed by atoms with Gasteiger partial charge in [0.2, 0.25) is 0 Å². The average molecular weight is 303 g/mol. The van der Waals surface area contributed by atoms with Gasteiger partial charge < -0.3 is 9.30 Å². The SMILES string of the molecule is C=C1c2c(n(C)c3ccccc23)C(=O)OC1c1ccc(C)cc1. The maximum absolute atomic E-state index is 12.6. The van der Waals surface area contributed by atoms with Crippen LogP contribution in [0.3, 0.4) is 0 Å². The van der Waals surface area contributed by atoms with Gasteiger partial charge >= 0.3 is 5.97 Å². The number of ether oxygens (including phenoxy) is 1. The maximum Gasteiger partial charge on any atom is 0.356 e. The van der Waals surface area contributed by atoms with Crippen LogP contribution in [0.1, 0.15) is 33.3 Å². The van der Waals surface area contributed by atoms with Crippen molar-refractivity contribution in [3.8, 4) is 0 Å². The molecule has 0 N–H and O–H groups in total. The van der Waals surface area contributed by atoms with Gasteiger partial charge in [-0.15, -0.1) is 0 Å². The number of aryl methyl sites for hydroxylation is 2. The molecule has 1 atom stereocenters. The van der Waals surface area contributed by atoms with Crippen molar-refractivity contribution in [1.82, 2.24) is 4.57 Å². The van der Waals surface area contributed by atoms with Gasteiger partial charge in [-0.3, -0.25) is 0 Å². The number of hydrogen-bond donors (Lipinski definition) is 0. The summed E-state index contributed by atoms with van der Waals surface area (Å²) in [5.74, 6) is -0.295. The minimum absolute atomic E-state index is 0.295. The van der Waals surface area contributed by atoms with Crippen LogP contribution in [0, 0.1) is 6.92 Å². The van der Waals surface area contributed by atoms with E-state index in [1.54, 1.807) is 0 Å². The normalized spacial score (nSPS) is 17.2. The van der Waals surface area contributed by atoms with Crippen LogP contribution >= 0.6 is 0 Å². The van der Waals surface area contributed by atoms with Crippen molar-refractivity contribution in [2.75, 3.05) is 0 Å². The Morgan fingerprint density at radius 1 is 1.09 bits per heavy atom. The molecule has 3 nitrogen and oxygen atoms in total. The molecule has 0 aliphatic carbocycles. The van der Waals surface area contributed by atoms with Gasteiger partial charge in [0.25, 0.3) is 0 Å². The number of esters is 1. The van der Waals surface area contributed by atoms with E-state index in [2.05, 4.69) is 6.58 Å². The first-order valence-electron chi connectivity index (χ1n) is 7.62. The fourth-order valence-corrected chi connectivity index (χ4v) is 3.33. The molecule has 2 heterocycles. The number of hydrogen-bond acceptors (Lipinski definition) is 2. The summed E-state index contributed by atoms with van der Waals surface area (Å²) in [6.07, 6.45) is -0.429. The lowest BCUT2D eigenvalue weighted by molar-refractivity contribution is 0.0377. The topological polar surface area (TPSA) is 31.2 Å². The number of rotatable bonds is 1. The Bertz CT molecular complexity index is 948. The maximum atomic E-state index is 12.6. The quantitative estimate of drug-likeness (QED) is 0.623. The molecule has 114 valence electrons. The number of para-hydroxylation sites is 1. The number of carbonyl (C=O) groups excluding carboxylic acids is 1. The number of benzene rings is 2. The Morgan fingerprint density at radius 3 is 2.52 bits per heavy atom. The molecule has 0 amide bonds. The molecule has 23 heavy (non-hydrogen) atoms. The number of aromatic nitrogens is 1. The van der Waals surface area contributed by atoms with E-state index in [0.29, 0.717) is 5.69 Å². The van der Waals surface area contributed by atoms with Crippen LogP contribution in [0.15, 0.2) is 55.1 Å². The van der Waals surface area contributed by atoms with Crippen LogP contribution in [-0.4, -0.2) is 10.5 Å². The second-order valence-corrected chi connectivity index (χ2v) is 6.02. The fraction of sp³-hybridized carbons (Fsp3) is 0.150. The van der Waals surface area contributed by atoms with Gasteiger partial charge in [0.1, 0.15) is 5.69 Å². The molecule has 4 rings (SSSR count). The van der Waals surface area contributed by atoms with Crippen molar-refractivity contribution in [3.05, 3.63) is 77.5 Å². The lowest BCUT2D eigenvalue weighted by Gasteiger charge is -2.26. The van der Waals surface area contributed by atoms with Gasteiger partial charge in [0.05, 0.1) is 0 Å². The summed E-state index contributed by atoms with van der Waals surface area (Å²) in [6, 6.07) is 16.0. The van der Waals surface area contributed by atoms with Crippen LogP contribution in [0.2, 0.25) is 0 Å². The van der Waals surface area contributed by atoms with Gasteiger partial charge in [0, 0.05) is 29.1 Å². The molecular formula is C20H17NO2. The van der Waals surface area contributed by atoms with E-state index in [1.807, 2.05) is 67.1 Å². The number of nitrogens with zero attached hydrogens (tertiary/aromatic N) is 1. The van der Waals surface area contributed by atoms with Gasteiger partial charge in [0.15, 0.2) is 6.10 Å². The summed E-state index contributed by atoms with van der Waals surface area (Å²) in [6.45, 7) is 6.28. The third-order valence-electron chi connectivity index (χ3n) is 4.54. The lowest BCUT2D eigenvalue weighted by atomic mass is 9.92. The van der Waals surface area contributed by atoms with Crippen LogP contribution in [0.5, 0.6) is 0 Å². The lowest BCUT2D eigenvalue weighted by Crippen LogP contribution is -2.22. The summed E-state index contributed by atoms with van der Waals surface area (Å²) in [4.78, 5) is 12.6. The minimum Gasteiger partial charge on any atom is -0.448 e. The number of fused-ring (bicyclic) bond motifs is 3. The zero-order valence-electron chi connectivity index (χ0n) is 13.2. The van der Waals surface area contributed by atoms with Gasteiger partial charge in [-0.05, 0) is 18.6 Å². The van der Waals surface area contributed by atoms with E-state index < -0.39 is 6.10 Å². The van der Waals surface area contributed by atoms with Gasteiger partial charge in [-0.2, -0.15) is 0 Å². The molecular weight excluding hydrogens is 286 g/mol. The highest BCUT2D eigenvalue weighted by Gasteiger charge is 2.35. The highest BCUT2D eigenvalue weighted by atomic mass is 16.5. The molecule has 1 aliphatic heterocycles. The monoisotopic (exact) mass is 303 g/mol. The molecule has 2 aromatic carbocycles. The van der Waals surface area contributed by atoms with E-state index in [4.69, 9.17) is 4.74 Å². The second kappa shape index (κ2) is 4.85. The van der Waals surface area contributed by atoms with E-state index in [9.17, 15) is 4.79 Å². The van der Waals surface area contributed by atoms with E-state index >= 15 is 0 Å². The first kappa shape index (κ1) is 13.8. The zero-order chi connectivity index (χ0) is 16.1. The molecule has 0 fully saturated rings. The molecule has 1 aliphatic rings. The highest BCUT2D eigenvalue weighted by molar-refractivity contribution is 6.08. The molecule has 1 aromatic heterocycles. The third-order valence-corrected chi connectivity index (χ3v) is 4.54. The Kier molecular flexibility index (Phi) is 2.91. The molecule has 1 unspecified atom stereocenters. The molecule has 0 radical (unpaired) electrons. The minimum atomic E-state index is -0.429. The average Bonchev–Trinajstić information content (AvgIpc) is 2.86. The predicted molar refractivity (Wildman–Crippen MR) is 91.3 cm³/mol. The summed E-state index contributed by atoms with van der Waals surface area (Å²) in [5.41, 5.74) is 5.46. The van der Waals surface area contributed by atoms with Crippen molar-refractivity contribution < 1.29 is 9.53 Å². The molecule has 0 saturated heterocycles. The van der Waals surface area contributed by atoms with E-state index in [-0.39, 0.29) is 5.97 Å². The summed E-state index contributed by atoms with van der Waals surface area (Å²) < 4.78 is 7.59. The Morgan fingerprint density at radius 2 is 1.78 bits per heavy atom. The van der Waals surface area contributed by atoms with E-state index in [0.717, 1.165) is 27.6 Å². The fourth-order valence-electron chi connectivity index (χ4n) is 3.33. The first-order valence-corrected chi connectivity index (χ1v) is 7.62. The smallest absolute Gasteiger partial charge is 0.356 e. The van der Waals surface area contributed by atoms with Crippen molar-refractivity contribution >= 4 is 22.4 Å². The zero-order valence-corrected chi connectivity index (χ0v) is 13.2. The summed E-state index contributed by atoms with van der Waals surface area (Å²) in [7, 11) is 1.89. The van der Waals surface area contributed by atoms with Crippen molar-refractivity contribution in [3.63, 3.8) is 0 Å². The summed E-state index contributed by atoms with van der Waals surface area (Å²) in [5, 5.41) is 1.05. The van der Waals surface area contributed by atoms with Crippen molar-refractivity contribution in [1.29, 1.82) is 0 Å². The predicted octanol–water partition coefficient (Wildman–Crippen LogP) is 4.41. The Labute approximate surface area is 134 Å². The van der Waals surface area contributed by atoms with E-state index in [1.165, 1.54) is 5.56 Å². The second-order valence-electron chi connectivity index (χ2n) is 6.02. The Balaban J connectivity index is 1.93. The van der Waals surface area contributed by atoms with Crippen molar-refractivity contribution in [2.24, 2.45) is 7.05 Å². The van der Waals surface area contributed by atoms with Crippen LogP contribution in [0.25, 0.3) is 16.5 Å². The molecule has 0 spiro atoms. The molecule has 3 aromatic rings. The van der Waals surface area contributed by atoms with Crippen LogP contribution in [-0.2, 0) is 11.8 Å². The number of cyclic esters (lactones) is 1. The van der Waals surface area contributed by atoms with Gasteiger partial charge in [-0.25, -0.2) is 4.79 Å². The Hall–Kier alpha value is -2.81. The molecule has 0 saturated carbocycles. The highest BCUT2D eigenvalue weighted by Crippen LogP contribution is 2.43. The van der Waals surface area contributed by atoms with Crippen LogP contribution in [0.4, 0.5) is 0 Å². The largest absolute Gasteiger partial charge is 0.448 e. The van der Waals surface area contributed by atoms with Crippen LogP contribution < -0.4 is 0 Å². The standard InChI is InChI=1S/C20H17NO2/c1-12-8-10-14(11-9-12)19-13(2)17-15-6-4-5-7-16(15)21(3)18(17)20(22)23-19/h4-11,19H,2H2,1,3H3.